The lowest BCUT2D eigenvalue weighted by Crippen LogP contribution is -2.77. The van der Waals surface area contributed by atoms with Crippen LogP contribution in [0.5, 0.6) is 0 Å². The third-order valence-corrected chi connectivity index (χ3v) is 6.52. The highest BCUT2D eigenvalue weighted by atomic mass is 19.4. The number of nitrogens with zero attached hydrogens (tertiary/aromatic N) is 7. The lowest BCUT2D eigenvalue weighted by Gasteiger charge is -2.19. The van der Waals surface area contributed by atoms with E-state index in [0.717, 1.165) is 22.6 Å². The Morgan fingerprint density at radius 1 is 0.939 bits per heavy atom. The topological polar surface area (TPSA) is 56.3 Å². The van der Waals surface area contributed by atoms with Crippen molar-refractivity contribution in [3.8, 4) is 22.8 Å². The summed E-state index contributed by atoms with van der Waals surface area (Å²) in [6, 6.07) is 6.04. The number of rotatable bonds is 0. The maximum atomic E-state index is 13.9. The second kappa shape index (κ2) is 5.86. The predicted molar refractivity (Wildman–Crippen MR) is 111 cm³/mol. The van der Waals surface area contributed by atoms with E-state index in [9.17, 15) is 13.2 Å². The van der Waals surface area contributed by atoms with Gasteiger partial charge < -0.3 is 0 Å². The molecule has 0 N–H and O–H groups in total. The lowest BCUT2D eigenvalue weighted by molar-refractivity contribution is -0.990. The van der Waals surface area contributed by atoms with E-state index in [1.807, 2.05) is 34.4 Å². The largest absolute Gasteiger partial charge is 0.583 e. The van der Waals surface area contributed by atoms with E-state index in [1.54, 1.807) is 23.3 Å². The van der Waals surface area contributed by atoms with Crippen molar-refractivity contribution in [1.82, 2.24) is 24.5 Å². The maximum Gasteiger partial charge on any atom is 0.583 e. The van der Waals surface area contributed by atoms with E-state index in [4.69, 9.17) is 5.10 Å². The first-order valence-electron chi connectivity index (χ1n) is 10.6. The Bertz CT molecular complexity index is 1470. The van der Waals surface area contributed by atoms with Crippen LogP contribution in [0.2, 0.25) is 0 Å². The molecule has 1 unspecified atom stereocenters. The van der Waals surface area contributed by atoms with Gasteiger partial charge in [0.15, 0.2) is 23.8 Å². The highest BCUT2D eigenvalue weighted by molar-refractivity contribution is 5.61. The molecule has 0 aromatic carbocycles. The zero-order chi connectivity index (χ0) is 23.5. The van der Waals surface area contributed by atoms with E-state index in [0.29, 0.717) is 11.4 Å². The Kier molecular flexibility index (Phi) is 3.57. The quantitative estimate of drug-likeness (QED) is 0.332. The van der Waals surface area contributed by atoms with Gasteiger partial charge in [-0.2, -0.15) is 23.4 Å². The maximum absolute atomic E-state index is 13.9. The molecule has 0 amide bonds. The first-order valence-corrected chi connectivity index (χ1v) is 10.6. The van der Waals surface area contributed by atoms with E-state index in [2.05, 4.69) is 36.9 Å². The van der Waals surface area contributed by atoms with Gasteiger partial charge >= 0.3 is 12.1 Å². The van der Waals surface area contributed by atoms with Crippen molar-refractivity contribution in [2.24, 2.45) is 0 Å². The number of fused-ring (bicyclic) bond motifs is 10. The average molecular weight is 453 g/mol. The zero-order valence-electron chi connectivity index (χ0n) is 18.8. The molecule has 7 nitrogen and oxygen atoms in total. The summed E-state index contributed by atoms with van der Waals surface area (Å²) in [5.41, 5.74) is 3.50. The van der Waals surface area contributed by atoms with Crippen LogP contribution >= 0.6 is 0 Å². The molecule has 6 heterocycles. The molecule has 1 spiro atoms. The normalized spacial score (nSPS) is 18.4. The van der Waals surface area contributed by atoms with Crippen LogP contribution in [-0.2, 0) is 17.5 Å². The molecule has 10 heteroatoms. The molecule has 2 aliphatic heterocycles. The monoisotopic (exact) mass is 453 g/mol. The summed E-state index contributed by atoms with van der Waals surface area (Å²) in [7, 11) is 0. The Balaban J connectivity index is 1.78. The molecular weight excluding hydrogens is 431 g/mol. The number of aromatic nitrogens is 7. The van der Waals surface area contributed by atoms with E-state index in [1.165, 1.54) is 11.6 Å². The van der Waals surface area contributed by atoms with Gasteiger partial charge in [-0.05, 0) is 30.9 Å². The number of pyridine rings is 1. The molecular formula is C23H22F3N7+2. The molecule has 0 aliphatic carbocycles. The van der Waals surface area contributed by atoms with Crippen LogP contribution in [0.3, 0.4) is 0 Å². The standard InChI is InChI=1S/C23H22F3N7/c1-13-10-17-16-11-15(21(3,4)5)6-8-30(16)23(32(17)28-13)31-9-7-27-12-18(31)19-14(2)20(22(24,25)26)29-33(19)23/h6-12H,1-5H3/q+2. The molecule has 0 radical (unpaired) electrons. The summed E-state index contributed by atoms with van der Waals surface area (Å²) < 4.78 is 48.7. The van der Waals surface area contributed by atoms with Crippen LogP contribution in [0.15, 0.2) is 43.0 Å². The van der Waals surface area contributed by atoms with Gasteiger partial charge in [0.25, 0.3) is 5.69 Å². The van der Waals surface area contributed by atoms with Crippen LogP contribution in [0.1, 0.15) is 43.3 Å². The molecule has 33 heavy (non-hydrogen) atoms. The second-order valence-corrected chi connectivity index (χ2v) is 9.67. The smallest absolute Gasteiger partial charge is 0.251 e. The van der Waals surface area contributed by atoms with Gasteiger partial charge in [-0.25, -0.2) is 0 Å². The van der Waals surface area contributed by atoms with Crippen molar-refractivity contribution in [1.29, 1.82) is 0 Å². The first-order chi connectivity index (χ1) is 15.5. The number of halogens is 3. The lowest BCUT2D eigenvalue weighted by atomic mass is 9.87. The zero-order valence-corrected chi connectivity index (χ0v) is 18.8. The van der Waals surface area contributed by atoms with Crippen LogP contribution in [0, 0.1) is 13.8 Å². The van der Waals surface area contributed by atoms with Crippen LogP contribution < -0.4 is 9.13 Å². The van der Waals surface area contributed by atoms with Gasteiger partial charge in [0.2, 0.25) is 5.69 Å². The van der Waals surface area contributed by atoms with Gasteiger partial charge in [0.05, 0.1) is 11.9 Å². The van der Waals surface area contributed by atoms with E-state index >= 15 is 0 Å². The average Bonchev–Trinajstić information content (AvgIpc) is 3.42. The molecule has 6 rings (SSSR count). The van der Waals surface area contributed by atoms with Gasteiger partial charge in [-0.3, -0.25) is 4.98 Å². The molecule has 0 saturated heterocycles. The van der Waals surface area contributed by atoms with Gasteiger partial charge in [-0.1, -0.05) is 29.9 Å². The molecule has 4 aromatic heterocycles. The Morgan fingerprint density at radius 3 is 2.36 bits per heavy atom. The predicted octanol–water partition coefficient (Wildman–Crippen LogP) is 3.16. The van der Waals surface area contributed by atoms with Crippen LogP contribution in [0.4, 0.5) is 13.2 Å². The summed E-state index contributed by atoms with van der Waals surface area (Å²) in [6.45, 7) is 9.71. The molecule has 1 atom stereocenters. The third kappa shape index (κ3) is 2.33. The fourth-order valence-corrected chi connectivity index (χ4v) is 5.03. The Hall–Kier alpha value is -3.56. The second-order valence-electron chi connectivity index (χ2n) is 9.67. The SMILES string of the molecule is Cc1cc2n(n1)C1(n3nc(C(F)(F)F)c(C)c3-c3cncc[n+]31)[n+]1ccc(C(C)(C)C)cc1-2. The summed E-state index contributed by atoms with van der Waals surface area (Å²) in [5, 5.41) is 8.90. The summed E-state index contributed by atoms with van der Waals surface area (Å²) in [5.74, 6) is -1.31. The van der Waals surface area contributed by atoms with Crippen molar-refractivity contribution in [2.75, 3.05) is 0 Å². The van der Waals surface area contributed by atoms with E-state index < -0.39 is 17.8 Å². The highest BCUT2D eigenvalue weighted by Crippen LogP contribution is 2.43. The summed E-state index contributed by atoms with van der Waals surface area (Å²) >= 11 is 0. The van der Waals surface area contributed by atoms with Crippen molar-refractivity contribution in [3.05, 3.63) is 65.5 Å². The number of aryl methyl sites for hydroxylation is 1. The van der Waals surface area contributed by atoms with Gasteiger partial charge in [-0.15, -0.1) is 9.36 Å². The van der Waals surface area contributed by atoms with Crippen molar-refractivity contribution in [2.45, 2.75) is 52.1 Å². The number of alkyl halides is 3. The van der Waals surface area contributed by atoms with Crippen LogP contribution in [0.25, 0.3) is 22.8 Å². The molecule has 2 aliphatic rings. The fourth-order valence-electron chi connectivity index (χ4n) is 5.03. The molecule has 168 valence electrons. The highest BCUT2D eigenvalue weighted by Gasteiger charge is 2.70. The van der Waals surface area contributed by atoms with E-state index in [-0.39, 0.29) is 11.0 Å². The third-order valence-electron chi connectivity index (χ3n) is 6.52. The molecule has 0 fully saturated rings. The van der Waals surface area contributed by atoms with Crippen molar-refractivity contribution in [3.63, 3.8) is 0 Å². The minimum Gasteiger partial charge on any atom is -0.251 e. The van der Waals surface area contributed by atoms with Gasteiger partial charge in [0.1, 0.15) is 11.9 Å². The first kappa shape index (κ1) is 20.1. The van der Waals surface area contributed by atoms with Gasteiger partial charge in [0, 0.05) is 17.7 Å². The molecule has 0 bridgehead atoms. The van der Waals surface area contributed by atoms with Crippen LogP contribution in [-0.4, -0.2) is 24.5 Å². The Morgan fingerprint density at radius 2 is 1.67 bits per heavy atom. The molecule has 4 aromatic rings. The number of hydrogen-bond donors (Lipinski definition) is 0. The number of hydrogen-bond acceptors (Lipinski definition) is 3. The minimum atomic E-state index is -4.58. The molecule has 0 saturated carbocycles. The summed E-state index contributed by atoms with van der Waals surface area (Å²) in [6.07, 6.45) is 2.29. The minimum absolute atomic E-state index is 0.0620. The Labute approximate surface area is 187 Å². The van der Waals surface area contributed by atoms with Crippen molar-refractivity contribution < 1.29 is 22.3 Å². The fraction of sp³-hybridized carbons (Fsp3) is 0.348. The summed E-state index contributed by atoms with van der Waals surface area (Å²) in [4.78, 5) is 4.20. The van der Waals surface area contributed by atoms with Crippen molar-refractivity contribution >= 4 is 0 Å².